The Balaban J connectivity index is 1.92. The second-order valence-corrected chi connectivity index (χ2v) is 8.42. The van der Waals surface area contributed by atoms with Crippen LogP contribution in [0.25, 0.3) is 0 Å². The maximum Gasteiger partial charge on any atom is 0.410 e. The molecule has 0 atom stereocenters. The van der Waals surface area contributed by atoms with Crippen LogP contribution in [0.1, 0.15) is 36.8 Å². The molecule has 1 heterocycles. The van der Waals surface area contributed by atoms with Gasteiger partial charge >= 0.3 is 12.1 Å². The molecule has 0 aliphatic carbocycles. The minimum absolute atomic E-state index is 0.0473. The molecular formula is C21H29F2N5O4S. The highest BCUT2D eigenvalue weighted by molar-refractivity contribution is 7.11. The Morgan fingerprint density at radius 1 is 1.15 bits per heavy atom. The van der Waals surface area contributed by atoms with Crippen LogP contribution in [0.15, 0.2) is 12.1 Å². The van der Waals surface area contributed by atoms with Crippen LogP contribution in [0.5, 0.6) is 11.6 Å². The number of carbonyl (C=O) groups is 2. The molecule has 2 aromatic rings. The predicted octanol–water partition coefficient (Wildman–Crippen LogP) is 4.01. The largest absolute Gasteiger partial charge is 0.469 e. The molecule has 0 aliphatic heterocycles. The van der Waals surface area contributed by atoms with Crippen molar-refractivity contribution in [1.29, 1.82) is 0 Å². The second kappa shape index (κ2) is 12.9. The molecule has 0 aliphatic rings. The summed E-state index contributed by atoms with van der Waals surface area (Å²) >= 11 is 0.792. The Hall–Kier alpha value is -2.99. The van der Waals surface area contributed by atoms with E-state index in [9.17, 15) is 18.4 Å². The third kappa shape index (κ3) is 8.81. The highest BCUT2D eigenvalue weighted by Gasteiger charge is 2.22. The zero-order valence-electron chi connectivity index (χ0n) is 18.9. The number of halogens is 2. The van der Waals surface area contributed by atoms with Gasteiger partial charge in [0.15, 0.2) is 5.00 Å². The monoisotopic (exact) mass is 485 g/mol. The van der Waals surface area contributed by atoms with Crippen molar-refractivity contribution in [3.8, 4) is 11.6 Å². The van der Waals surface area contributed by atoms with Crippen molar-refractivity contribution in [2.24, 2.45) is 5.73 Å². The van der Waals surface area contributed by atoms with Crippen LogP contribution < -0.4 is 25.8 Å². The summed E-state index contributed by atoms with van der Waals surface area (Å²) in [6, 6.07) is 1.55. The van der Waals surface area contributed by atoms with Gasteiger partial charge in [-0.25, -0.2) is 18.4 Å². The van der Waals surface area contributed by atoms with Crippen LogP contribution in [0.3, 0.4) is 0 Å². The SMILES string of the molecule is Cc1cc(F)c(COc2nsc(NC(=O)NCCCCCCN(C)C)c2OC(N)=O)cc1F. The number of ether oxygens (including phenoxy) is 2. The molecule has 182 valence electrons. The normalized spacial score (nSPS) is 10.8. The number of nitrogens with two attached hydrogens (primary N) is 1. The molecular weight excluding hydrogens is 456 g/mol. The van der Waals surface area contributed by atoms with Crippen LogP contribution in [-0.2, 0) is 6.61 Å². The van der Waals surface area contributed by atoms with Gasteiger partial charge in [0.1, 0.15) is 18.2 Å². The fourth-order valence-electron chi connectivity index (χ4n) is 2.83. The van der Waals surface area contributed by atoms with Crippen molar-refractivity contribution in [3.63, 3.8) is 0 Å². The third-order valence-electron chi connectivity index (χ3n) is 4.56. The first-order valence-corrected chi connectivity index (χ1v) is 11.2. The molecule has 0 unspecified atom stereocenters. The average Bonchev–Trinajstić information content (AvgIpc) is 3.09. The van der Waals surface area contributed by atoms with Crippen LogP contribution in [0, 0.1) is 18.6 Å². The van der Waals surface area contributed by atoms with Crippen LogP contribution in [-0.4, -0.2) is 48.6 Å². The van der Waals surface area contributed by atoms with E-state index in [-0.39, 0.29) is 34.4 Å². The molecule has 4 N–H and O–H groups in total. The Morgan fingerprint density at radius 3 is 2.58 bits per heavy atom. The van der Waals surface area contributed by atoms with Crippen molar-refractivity contribution < 1.29 is 27.8 Å². The lowest BCUT2D eigenvalue weighted by molar-refractivity contribution is 0.206. The average molecular weight is 486 g/mol. The molecule has 0 saturated carbocycles. The molecule has 3 amide bonds. The van der Waals surface area contributed by atoms with Crippen molar-refractivity contribution in [1.82, 2.24) is 14.6 Å². The van der Waals surface area contributed by atoms with E-state index in [1.165, 1.54) is 6.92 Å². The Bertz CT molecular complexity index is 955. The van der Waals surface area contributed by atoms with Gasteiger partial charge in [-0.1, -0.05) is 12.8 Å². The third-order valence-corrected chi connectivity index (χ3v) is 5.29. The van der Waals surface area contributed by atoms with Crippen LogP contribution in [0.2, 0.25) is 0 Å². The number of urea groups is 1. The zero-order valence-corrected chi connectivity index (χ0v) is 19.7. The van der Waals surface area contributed by atoms with Gasteiger partial charge in [-0.2, -0.15) is 0 Å². The number of carbonyl (C=O) groups excluding carboxylic acids is 2. The van der Waals surface area contributed by atoms with Crippen molar-refractivity contribution in [2.75, 3.05) is 32.5 Å². The van der Waals surface area contributed by atoms with Gasteiger partial charge < -0.3 is 25.4 Å². The number of nitrogens with one attached hydrogen (secondary N) is 2. The molecule has 9 nitrogen and oxygen atoms in total. The smallest absolute Gasteiger partial charge is 0.410 e. The summed E-state index contributed by atoms with van der Waals surface area (Å²) in [6.45, 7) is 2.57. The van der Waals surface area contributed by atoms with E-state index < -0.39 is 23.8 Å². The van der Waals surface area contributed by atoms with Gasteiger partial charge in [0, 0.05) is 12.1 Å². The highest BCUT2D eigenvalue weighted by Crippen LogP contribution is 2.39. The Kier molecular flexibility index (Phi) is 10.3. The van der Waals surface area contributed by atoms with Crippen LogP contribution in [0.4, 0.5) is 23.4 Å². The van der Waals surface area contributed by atoms with Gasteiger partial charge in [0.05, 0.1) is 0 Å². The maximum absolute atomic E-state index is 14.0. The van der Waals surface area contributed by atoms with Crippen LogP contribution >= 0.6 is 11.5 Å². The predicted molar refractivity (Wildman–Crippen MR) is 122 cm³/mol. The lowest BCUT2D eigenvalue weighted by Crippen LogP contribution is -2.29. The second-order valence-electron chi connectivity index (χ2n) is 7.65. The molecule has 0 saturated heterocycles. The van der Waals surface area contributed by atoms with E-state index in [4.69, 9.17) is 15.2 Å². The number of primary amides is 1. The number of benzene rings is 1. The summed E-state index contributed by atoms with van der Waals surface area (Å²) in [5.41, 5.74) is 5.21. The van der Waals surface area contributed by atoms with E-state index in [0.29, 0.717) is 6.54 Å². The fraction of sp³-hybridized carbons (Fsp3) is 0.476. The maximum atomic E-state index is 14.0. The molecule has 1 aromatic heterocycles. The summed E-state index contributed by atoms with van der Waals surface area (Å²) in [6.07, 6.45) is 2.82. The van der Waals surface area contributed by atoms with Crippen molar-refractivity contribution in [2.45, 2.75) is 39.2 Å². The Labute approximate surface area is 195 Å². The number of hydrogen-bond acceptors (Lipinski definition) is 7. The number of anilines is 1. The number of rotatable bonds is 12. The lowest BCUT2D eigenvalue weighted by atomic mass is 10.1. The first-order chi connectivity index (χ1) is 15.7. The molecule has 1 aromatic carbocycles. The van der Waals surface area contributed by atoms with Gasteiger partial charge in [-0.05, 0) is 69.6 Å². The summed E-state index contributed by atoms with van der Waals surface area (Å²) in [5.74, 6) is -1.63. The first kappa shape index (κ1) is 26.3. The van der Waals surface area contributed by atoms with E-state index in [2.05, 4.69) is 19.9 Å². The molecule has 2 rings (SSSR count). The number of nitrogens with zero attached hydrogens (tertiary/aromatic N) is 2. The number of unbranched alkanes of at least 4 members (excludes halogenated alkanes) is 3. The van der Waals surface area contributed by atoms with E-state index in [0.717, 1.165) is 55.9 Å². The standard InChI is InChI=1S/C21H29F2N5O4S/c1-13-10-16(23)14(11-15(13)22)12-31-18-17(32-20(24)29)19(33-27-18)26-21(30)25-8-6-4-5-7-9-28(2)3/h10-11H,4-9,12H2,1-3H3,(H2,24,29)(H2,25,26,30). The van der Waals surface area contributed by atoms with Gasteiger partial charge in [-0.15, -0.1) is 4.37 Å². The minimum Gasteiger partial charge on any atom is -0.469 e. The lowest BCUT2D eigenvalue weighted by Gasteiger charge is -2.10. The topological polar surface area (TPSA) is 119 Å². The molecule has 12 heteroatoms. The van der Waals surface area contributed by atoms with E-state index in [1.54, 1.807) is 0 Å². The quantitative estimate of drug-likeness (QED) is 0.391. The van der Waals surface area contributed by atoms with Gasteiger partial charge in [0.25, 0.3) is 5.88 Å². The summed E-state index contributed by atoms with van der Waals surface area (Å²) in [7, 11) is 4.05. The number of amides is 3. The number of aromatic nitrogens is 1. The summed E-state index contributed by atoms with van der Waals surface area (Å²) in [4.78, 5) is 25.6. The number of hydrogen-bond donors (Lipinski definition) is 3. The first-order valence-electron chi connectivity index (χ1n) is 10.4. The van der Waals surface area contributed by atoms with Crippen molar-refractivity contribution >= 4 is 28.7 Å². The summed E-state index contributed by atoms with van der Waals surface area (Å²) < 4.78 is 42.1. The number of aryl methyl sites for hydroxylation is 1. The minimum atomic E-state index is -1.14. The molecule has 0 radical (unpaired) electrons. The van der Waals surface area contributed by atoms with Crippen molar-refractivity contribution in [3.05, 3.63) is 34.9 Å². The fourth-order valence-corrected chi connectivity index (χ4v) is 3.49. The zero-order chi connectivity index (χ0) is 24.4. The molecule has 33 heavy (non-hydrogen) atoms. The Morgan fingerprint density at radius 2 is 1.88 bits per heavy atom. The summed E-state index contributed by atoms with van der Waals surface area (Å²) in [5, 5.41) is 5.33. The molecule has 0 fully saturated rings. The van der Waals surface area contributed by atoms with Gasteiger partial charge in [-0.3, -0.25) is 5.32 Å². The van der Waals surface area contributed by atoms with E-state index in [1.807, 2.05) is 14.1 Å². The molecule has 0 bridgehead atoms. The highest BCUT2D eigenvalue weighted by atomic mass is 32.1. The van der Waals surface area contributed by atoms with E-state index >= 15 is 0 Å². The van der Waals surface area contributed by atoms with Gasteiger partial charge in [0.2, 0.25) is 5.75 Å². The molecule has 0 spiro atoms.